The van der Waals surface area contributed by atoms with E-state index >= 15 is 0 Å². The van der Waals surface area contributed by atoms with Crippen LogP contribution in [0.3, 0.4) is 0 Å². The SMILES string of the molecule is CCNC(=O)CCn1cc(C(C)N)nn1. The van der Waals surface area contributed by atoms with Gasteiger partial charge in [0.15, 0.2) is 0 Å². The zero-order valence-electron chi connectivity index (χ0n) is 9.10. The van der Waals surface area contributed by atoms with Gasteiger partial charge in [-0.15, -0.1) is 5.10 Å². The Morgan fingerprint density at radius 3 is 3.00 bits per heavy atom. The van der Waals surface area contributed by atoms with Gasteiger partial charge in [0.1, 0.15) is 0 Å². The van der Waals surface area contributed by atoms with Gasteiger partial charge in [-0.1, -0.05) is 5.21 Å². The topological polar surface area (TPSA) is 85.8 Å². The van der Waals surface area contributed by atoms with E-state index in [1.165, 1.54) is 0 Å². The summed E-state index contributed by atoms with van der Waals surface area (Å²) in [6, 6.07) is -0.122. The number of rotatable bonds is 5. The fourth-order valence-electron chi connectivity index (χ4n) is 1.13. The molecule has 3 N–H and O–H groups in total. The van der Waals surface area contributed by atoms with Crippen LogP contribution in [-0.4, -0.2) is 27.4 Å². The zero-order valence-corrected chi connectivity index (χ0v) is 9.10. The van der Waals surface area contributed by atoms with Crippen molar-refractivity contribution in [3.8, 4) is 0 Å². The third-order valence-electron chi connectivity index (χ3n) is 1.96. The summed E-state index contributed by atoms with van der Waals surface area (Å²) in [6.45, 7) is 4.92. The molecule has 0 aromatic carbocycles. The number of nitrogens with two attached hydrogens (primary N) is 1. The van der Waals surface area contributed by atoms with Crippen LogP contribution < -0.4 is 11.1 Å². The standard InChI is InChI=1S/C9H17N5O/c1-3-11-9(15)4-5-14-6-8(7(2)10)12-13-14/h6-7H,3-5,10H2,1-2H3,(H,11,15). The van der Waals surface area contributed by atoms with Crippen LogP contribution in [0.25, 0.3) is 0 Å². The van der Waals surface area contributed by atoms with Crippen molar-refractivity contribution in [3.63, 3.8) is 0 Å². The van der Waals surface area contributed by atoms with E-state index < -0.39 is 0 Å². The first-order valence-electron chi connectivity index (χ1n) is 5.05. The molecule has 15 heavy (non-hydrogen) atoms. The highest BCUT2D eigenvalue weighted by molar-refractivity contribution is 5.75. The summed E-state index contributed by atoms with van der Waals surface area (Å²) in [5.41, 5.74) is 6.38. The molecule has 0 saturated carbocycles. The first-order chi connectivity index (χ1) is 7.13. The minimum Gasteiger partial charge on any atom is -0.356 e. The Labute approximate surface area is 88.8 Å². The lowest BCUT2D eigenvalue weighted by Gasteiger charge is -2.01. The molecule has 0 aliphatic heterocycles. The molecule has 1 heterocycles. The van der Waals surface area contributed by atoms with E-state index in [2.05, 4.69) is 15.6 Å². The fourth-order valence-corrected chi connectivity index (χ4v) is 1.13. The van der Waals surface area contributed by atoms with Crippen LogP contribution in [-0.2, 0) is 11.3 Å². The minimum atomic E-state index is -0.122. The largest absolute Gasteiger partial charge is 0.356 e. The summed E-state index contributed by atoms with van der Waals surface area (Å²) >= 11 is 0. The molecule has 0 aliphatic rings. The number of carbonyl (C=O) groups is 1. The molecule has 1 unspecified atom stereocenters. The Hall–Kier alpha value is -1.43. The van der Waals surface area contributed by atoms with Crippen LogP contribution in [0.4, 0.5) is 0 Å². The van der Waals surface area contributed by atoms with Crippen molar-refractivity contribution in [1.82, 2.24) is 20.3 Å². The van der Waals surface area contributed by atoms with E-state index in [4.69, 9.17) is 5.73 Å². The Balaban J connectivity index is 2.41. The number of aryl methyl sites for hydroxylation is 1. The second kappa shape index (κ2) is 5.45. The third kappa shape index (κ3) is 3.67. The normalized spacial score (nSPS) is 12.5. The Kier molecular flexibility index (Phi) is 4.23. The lowest BCUT2D eigenvalue weighted by molar-refractivity contribution is -0.121. The van der Waals surface area contributed by atoms with Crippen molar-refractivity contribution < 1.29 is 4.79 Å². The lowest BCUT2D eigenvalue weighted by Crippen LogP contribution is -2.23. The van der Waals surface area contributed by atoms with E-state index in [9.17, 15) is 4.79 Å². The van der Waals surface area contributed by atoms with Gasteiger partial charge >= 0.3 is 0 Å². The number of hydrogen-bond donors (Lipinski definition) is 2. The summed E-state index contributed by atoms with van der Waals surface area (Å²) < 4.78 is 1.63. The Bertz CT molecular complexity index is 320. The van der Waals surface area contributed by atoms with Crippen LogP contribution in [0, 0.1) is 0 Å². The number of nitrogens with zero attached hydrogens (tertiary/aromatic N) is 3. The first-order valence-corrected chi connectivity index (χ1v) is 5.05. The summed E-state index contributed by atoms with van der Waals surface area (Å²) in [4.78, 5) is 11.2. The van der Waals surface area contributed by atoms with E-state index in [1.807, 2.05) is 13.8 Å². The summed E-state index contributed by atoms with van der Waals surface area (Å²) in [6.07, 6.45) is 2.18. The zero-order chi connectivity index (χ0) is 11.3. The second-order valence-corrected chi connectivity index (χ2v) is 3.40. The Morgan fingerprint density at radius 1 is 1.73 bits per heavy atom. The number of hydrogen-bond acceptors (Lipinski definition) is 4. The van der Waals surface area contributed by atoms with Crippen LogP contribution in [0.15, 0.2) is 6.20 Å². The quantitative estimate of drug-likeness (QED) is 0.707. The van der Waals surface area contributed by atoms with Crippen LogP contribution in [0.1, 0.15) is 32.0 Å². The van der Waals surface area contributed by atoms with E-state index in [0.717, 1.165) is 5.69 Å². The summed E-state index contributed by atoms with van der Waals surface area (Å²) in [5, 5.41) is 10.5. The predicted molar refractivity (Wildman–Crippen MR) is 55.9 cm³/mol. The van der Waals surface area contributed by atoms with Gasteiger partial charge in [0.25, 0.3) is 0 Å². The molecule has 1 aromatic rings. The molecular formula is C9H17N5O. The molecular weight excluding hydrogens is 194 g/mol. The number of nitrogens with one attached hydrogen (secondary N) is 1. The molecule has 1 rings (SSSR count). The van der Waals surface area contributed by atoms with E-state index in [0.29, 0.717) is 19.5 Å². The lowest BCUT2D eigenvalue weighted by atomic mass is 10.3. The molecule has 0 saturated heterocycles. The van der Waals surface area contributed by atoms with E-state index in [1.54, 1.807) is 10.9 Å². The Morgan fingerprint density at radius 2 is 2.47 bits per heavy atom. The molecule has 0 bridgehead atoms. The molecule has 1 atom stereocenters. The number of aromatic nitrogens is 3. The summed E-state index contributed by atoms with van der Waals surface area (Å²) in [7, 11) is 0. The van der Waals surface area contributed by atoms with Crippen molar-refractivity contribution in [1.29, 1.82) is 0 Å². The monoisotopic (exact) mass is 211 g/mol. The number of amides is 1. The average molecular weight is 211 g/mol. The van der Waals surface area contributed by atoms with Crippen molar-refractivity contribution in [2.75, 3.05) is 6.54 Å². The van der Waals surface area contributed by atoms with Gasteiger partial charge in [-0.05, 0) is 13.8 Å². The highest BCUT2D eigenvalue weighted by atomic mass is 16.1. The smallest absolute Gasteiger partial charge is 0.221 e. The van der Waals surface area contributed by atoms with Crippen LogP contribution in [0.2, 0.25) is 0 Å². The van der Waals surface area contributed by atoms with Crippen LogP contribution in [0.5, 0.6) is 0 Å². The molecule has 1 amide bonds. The van der Waals surface area contributed by atoms with Gasteiger partial charge in [0.2, 0.25) is 5.91 Å². The molecule has 6 nitrogen and oxygen atoms in total. The molecule has 0 radical (unpaired) electrons. The second-order valence-electron chi connectivity index (χ2n) is 3.40. The van der Waals surface area contributed by atoms with Gasteiger partial charge in [-0.25, -0.2) is 0 Å². The van der Waals surface area contributed by atoms with Crippen LogP contribution >= 0.6 is 0 Å². The maximum atomic E-state index is 11.2. The average Bonchev–Trinajstić information content (AvgIpc) is 2.63. The van der Waals surface area contributed by atoms with Gasteiger partial charge in [0.05, 0.1) is 18.4 Å². The molecule has 0 spiro atoms. The predicted octanol–water partition coefficient (Wildman–Crippen LogP) is -0.176. The maximum absolute atomic E-state index is 11.2. The third-order valence-corrected chi connectivity index (χ3v) is 1.96. The minimum absolute atomic E-state index is 0.0235. The molecule has 0 aliphatic carbocycles. The molecule has 0 fully saturated rings. The molecule has 1 aromatic heterocycles. The van der Waals surface area contributed by atoms with Crippen molar-refractivity contribution in [2.24, 2.45) is 5.73 Å². The fraction of sp³-hybridized carbons (Fsp3) is 0.667. The highest BCUT2D eigenvalue weighted by Crippen LogP contribution is 2.03. The van der Waals surface area contributed by atoms with Gasteiger partial charge in [-0.2, -0.15) is 0 Å². The maximum Gasteiger partial charge on any atom is 0.221 e. The highest BCUT2D eigenvalue weighted by Gasteiger charge is 2.06. The summed E-state index contributed by atoms with van der Waals surface area (Å²) in [5.74, 6) is 0.0235. The van der Waals surface area contributed by atoms with Crippen molar-refractivity contribution in [3.05, 3.63) is 11.9 Å². The van der Waals surface area contributed by atoms with Gasteiger partial charge in [0, 0.05) is 19.0 Å². The molecule has 84 valence electrons. The number of carbonyl (C=O) groups excluding carboxylic acids is 1. The van der Waals surface area contributed by atoms with E-state index in [-0.39, 0.29) is 11.9 Å². The van der Waals surface area contributed by atoms with Gasteiger partial charge < -0.3 is 11.1 Å². The molecule has 6 heteroatoms. The van der Waals surface area contributed by atoms with Gasteiger partial charge in [-0.3, -0.25) is 9.48 Å². The van der Waals surface area contributed by atoms with Crippen molar-refractivity contribution >= 4 is 5.91 Å². The van der Waals surface area contributed by atoms with Crippen molar-refractivity contribution in [2.45, 2.75) is 32.9 Å². The first kappa shape index (κ1) is 11.6.